The standard InChI is InChI=1S/C13H19FN2OS/c1-8(2)9(3)18-7-10-5-4-6-11(12(10)14)13(15)16-17/h4-6,8-9,17H,7H2,1-3H3,(H2,15,16). The van der Waals surface area contributed by atoms with Gasteiger partial charge < -0.3 is 10.9 Å². The molecule has 0 saturated heterocycles. The number of nitrogens with two attached hydrogens (primary N) is 1. The van der Waals surface area contributed by atoms with Crippen LogP contribution >= 0.6 is 11.8 Å². The van der Waals surface area contributed by atoms with Crippen molar-refractivity contribution in [2.45, 2.75) is 31.8 Å². The van der Waals surface area contributed by atoms with Crippen LogP contribution < -0.4 is 5.73 Å². The number of rotatable bonds is 5. The van der Waals surface area contributed by atoms with Gasteiger partial charge in [0.1, 0.15) is 5.82 Å². The summed E-state index contributed by atoms with van der Waals surface area (Å²) in [7, 11) is 0. The maximum atomic E-state index is 14.1. The summed E-state index contributed by atoms with van der Waals surface area (Å²) in [6.07, 6.45) is 0. The van der Waals surface area contributed by atoms with Gasteiger partial charge in [0.15, 0.2) is 5.84 Å². The molecule has 100 valence electrons. The third kappa shape index (κ3) is 3.63. The molecule has 0 aliphatic carbocycles. The molecule has 18 heavy (non-hydrogen) atoms. The minimum Gasteiger partial charge on any atom is -0.409 e. The number of benzene rings is 1. The molecule has 0 bridgehead atoms. The van der Waals surface area contributed by atoms with Gasteiger partial charge in [0.2, 0.25) is 0 Å². The molecular weight excluding hydrogens is 251 g/mol. The van der Waals surface area contributed by atoms with Crippen LogP contribution in [-0.4, -0.2) is 16.3 Å². The van der Waals surface area contributed by atoms with E-state index in [0.717, 1.165) is 0 Å². The van der Waals surface area contributed by atoms with E-state index in [1.54, 1.807) is 23.9 Å². The highest BCUT2D eigenvalue weighted by Crippen LogP contribution is 2.25. The predicted octanol–water partition coefficient (Wildman–Crippen LogP) is 3.20. The van der Waals surface area contributed by atoms with Gasteiger partial charge in [-0.05, 0) is 17.5 Å². The first-order valence-corrected chi connectivity index (χ1v) is 6.89. The third-order valence-electron chi connectivity index (χ3n) is 2.90. The van der Waals surface area contributed by atoms with Crippen LogP contribution in [0.15, 0.2) is 23.4 Å². The largest absolute Gasteiger partial charge is 0.409 e. The maximum Gasteiger partial charge on any atom is 0.173 e. The third-order valence-corrected chi connectivity index (χ3v) is 4.45. The second-order valence-electron chi connectivity index (χ2n) is 4.52. The number of hydrogen-bond donors (Lipinski definition) is 2. The Morgan fingerprint density at radius 3 is 2.67 bits per heavy atom. The first-order chi connectivity index (χ1) is 8.47. The molecule has 0 aliphatic heterocycles. The molecular formula is C13H19FN2OS. The van der Waals surface area contributed by atoms with E-state index < -0.39 is 5.82 Å². The van der Waals surface area contributed by atoms with E-state index in [0.29, 0.717) is 22.5 Å². The van der Waals surface area contributed by atoms with Crippen molar-refractivity contribution in [3.05, 3.63) is 35.1 Å². The van der Waals surface area contributed by atoms with E-state index in [9.17, 15) is 4.39 Å². The Morgan fingerprint density at radius 2 is 2.11 bits per heavy atom. The number of nitrogens with zero attached hydrogens (tertiary/aromatic N) is 1. The molecule has 3 nitrogen and oxygen atoms in total. The van der Waals surface area contributed by atoms with Gasteiger partial charge >= 0.3 is 0 Å². The summed E-state index contributed by atoms with van der Waals surface area (Å²) in [6.45, 7) is 6.41. The average molecular weight is 270 g/mol. The summed E-state index contributed by atoms with van der Waals surface area (Å²) in [6, 6.07) is 4.94. The van der Waals surface area contributed by atoms with E-state index >= 15 is 0 Å². The van der Waals surface area contributed by atoms with Crippen LogP contribution in [-0.2, 0) is 5.75 Å². The Balaban J connectivity index is 2.85. The Bertz CT molecular complexity index is 435. The minimum atomic E-state index is -0.406. The van der Waals surface area contributed by atoms with E-state index in [-0.39, 0.29) is 11.4 Å². The highest BCUT2D eigenvalue weighted by atomic mass is 32.2. The number of thioether (sulfide) groups is 1. The van der Waals surface area contributed by atoms with Crippen LogP contribution in [0.2, 0.25) is 0 Å². The first-order valence-electron chi connectivity index (χ1n) is 5.84. The molecule has 3 N–H and O–H groups in total. The molecule has 0 radical (unpaired) electrons. The zero-order valence-electron chi connectivity index (χ0n) is 10.9. The van der Waals surface area contributed by atoms with Crippen LogP contribution in [0.3, 0.4) is 0 Å². The molecule has 0 aliphatic rings. The monoisotopic (exact) mass is 270 g/mol. The number of oxime groups is 1. The smallest absolute Gasteiger partial charge is 0.173 e. The molecule has 1 atom stereocenters. The molecule has 1 rings (SSSR count). The van der Waals surface area contributed by atoms with Crippen LogP contribution in [0.5, 0.6) is 0 Å². The Hall–Kier alpha value is -1.23. The van der Waals surface area contributed by atoms with Crippen molar-refractivity contribution in [1.29, 1.82) is 0 Å². The zero-order valence-corrected chi connectivity index (χ0v) is 11.7. The molecule has 0 saturated carbocycles. The van der Waals surface area contributed by atoms with Crippen molar-refractivity contribution in [3.63, 3.8) is 0 Å². The minimum absolute atomic E-state index is 0.146. The van der Waals surface area contributed by atoms with Gasteiger partial charge in [-0.15, -0.1) is 0 Å². The molecule has 0 spiro atoms. The van der Waals surface area contributed by atoms with E-state index in [1.165, 1.54) is 6.07 Å². The summed E-state index contributed by atoms with van der Waals surface area (Å²) in [4.78, 5) is 0. The van der Waals surface area contributed by atoms with Gasteiger partial charge in [0.25, 0.3) is 0 Å². The second-order valence-corrected chi connectivity index (χ2v) is 5.89. The molecule has 0 fully saturated rings. The topological polar surface area (TPSA) is 58.6 Å². The fourth-order valence-electron chi connectivity index (χ4n) is 1.36. The van der Waals surface area contributed by atoms with Crippen molar-refractivity contribution >= 4 is 17.6 Å². The van der Waals surface area contributed by atoms with Crippen molar-refractivity contribution in [1.82, 2.24) is 0 Å². The van der Waals surface area contributed by atoms with Gasteiger partial charge in [0, 0.05) is 11.0 Å². The quantitative estimate of drug-likeness (QED) is 0.374. The lowest BCUT2D eigenvalue weighted by molar-refractivity contribution is 0.318. The lowest BCUT2D eigenvalue weighted by Crippen LogP contribution is -2.16. The zero-order chi connectivity index (χ0) is 13.7. The summed E-state index contributed by atoms with van der Waals surface area (Å²) < 4.78 is 14.1. The van der Waals surface area contributed by atoms with Crippen molar-refractivity contribution < 1.29 is 9.60 Å². The van der Waals surface area contributed by atoms with Crippen molar-refractivity contribution in [2.24, 2.45) is 16.8 Å². The average Bonchev–Trinajstić information content (AvgIpc) is 2.36. The molecule has 1 aromatic carbocycles. The van der Waals surface area contributed by atoms with E-state index in [4.69, 9.17) is 10.9 Å². The summed E-state index contributed by atoms with van der Waals surface area (Å²) >= 11 is 1.70. The van der Waals surface area contributed by atoms with Gasteiger partial charge in [-0.2, -0.15) is 11.8 Å². The predicted molar refractivity (Wildman–Crippen MR) is 74.5 cm³/mol. The number of hydrogen-bond acceptors (Lipinski definition) is 3. The molecule has 0 amide bonds. The van der Waals surface area contributed by atoms with Crippen molar-refractivity contribution in [3.8, 4) is 0 Å². The second kappa shape index (κ2) is 6.64. The van der Waals surface area contributed by atoms with Crippen molar-refractivity contribution in [2.75, 3.05) is 0 Å². The van der Waals surface area contributed by atoms with E-state index in [1.807, 2.05) is 0 Å². The lowest BCUT2D eigenvalue weighted by Gasteiger charge is -2.15. The highest BCUT2D eigenvalue weighted by Gasteiger charge is 2.13. The van der Waals surface area contributed by atoms with E-state index in [2.05, 4.69) is 25.9 Å². The summed E-state index contributed by atoms with van der Waals surface area (Å²) in [5.74, 6) is 0.524. The molecule has 1 aromatic rings. The maximum absolute atomic E-state index is 14.1. The fourth-order valence-corrected chi connectivity index (χ4v) is 2.41. The molecule has 1 unspecified atom stereocenters. The van der Waals surface area contributed by atoms with Gasteiger partial charge in [-0.3, -0.25) is 0 Å². The molecule has 0 heterocycles. The van der Waals surface area contributed by atoms with Gasteiger partial charge in [-0.25, -0.2) is 4.39 Å². The van der Waals surface area contributed by atoms with Gasteiger partial charge in [-0.1, -0.05) is 38.1 Å². The SMILES string of the molecule is CC(C)C(C)SCc1cccc(/C(N)=N/O)c1F. The molecule has 5 heteroatoms. The number of amidine groups is 1. The van der Waals surface area contributed by atoms with Gasteiger partial charge in [0.05, 0.1) is 5.56 Å². The van der Waals surface area contributed by atoms with Crippen LogP contribution in [0.4, 0.5) is 4.39 Å². The normalized spacial score (nSPS) is 13.9. The Kier molecular flexibility index (Phi) is 5.47. The Morgan fingerprint density at radius 1 is 1.44 bits per heavy atom. The van der Waals surface area contributed by atoms with Crippen LogP contribution in [0.1, 0.15) is 31.9 Å². The van der Waals surface area contributed by atoms with Crippen LogP contribution in [0, 0.1) is 11.7 Å². The molecule has 0 aromatic heterocycles. The Labute approximate surface area is 111 Å². The fraction of sp³-hybridized carbons (Fsp3) is 0.462. The first kappa shape index (κ1) is 14.8. The summed E-state index contributed by atoms with van der Waals surface area (Å²) in [5, 5.41) is 11.9. The van der Waals surface area contributed by atoms with Crippen LogP contribution in [0.25, 0.3) is 0 Å². The highest BCUT2D eigenvalue weighted by molar-refractivity contribution is 7.99. The summed E-state index contributed by atoms with van der Waals surface area (Å²) in [5.41, 5.74) is 6.15. The lowest BCUT2D eigenvalue weighted by atomic mass is 10.1. The number of halogens is 1.